The van der Waals surface area contributed by atoms with Crippen LogP contribution < -0.4 is 11.3 Å². The molecule has 19 heavy (non-hydrogen) atoms. The summed E-state index contributed by atoms with van der Waals surface area (Å²) in [5.74, 6) is 6.15. The highest BCUT2D eigenvalue weighted by molar-refractivity contribution is 5.33. The van der Waals surface area contributed by atoms with E-state index in [1.165, 1.54) is 19.4 Å². The van der Waals surface area contributed by atoms with E-state index in [9.17, 15) is 0 Å². The number of rotatable bonds is 4. The predicted molar refractivity (Wildman–Crippen MR) is 78.7 cm³/mol. The first-order valence-corrected chi connectivity index (χ1v) is 7.08. The summed E-state index contributed by atoms with van der Waals surface area (Å²) in [6.07, 6.45) is 2.40. The Kier molecular flexibility index (Phi) is 5.13. The summed E-state index contributed by atoms with van der Waals surface area (Å²) >= 11 is 0. The van der Waals surface area contributed by atoms with E-state index in [-0.39, 0.29) is 0 Å². The molecule has 5 heteroatoms. The van der Waals surface area contributed by atoms with E-state index < -0.39 is 0 Å². The van der Waals surface area contributed by atoms with Gasteiger partial charge in [-0.05, 0) is 38.6 Å². The highest BCUT2D eigenvalue weighted by Gasteiger charge is 2.22. The molecule has 0 bridgehead atoms. The van der Waals surface area contributed by atoms with Crippen LogP contribution in [-0.4, -0.2) is 47.5 Å². The SMILES string of the molecule is CCC1CN(C)CCCN1Cc1cccc(NN)n1. The molecule has 1 aliphatic rings. The Morgan fingerprint density at radius 2 is 2.26 bits per heavy atom. The predicted octanol–water partition coefficient (Wildman–Crippen LogP) is 1.28. The number of nitrogens with one attached hydrogen (secondary N) is 1. The third-order valence-corrected chi connectivity index (χ3v) is 3.81. The molecule has 5 nitrogen and oxygen atoms in total. The third kappa shape index (κ3) is 3.89. The summed E-state index contributed by atoms with van der Waals surface area (Å²) in [4.78, 5) is 9.49. The van der Waals surface area contributed by atoms with Gasteiger partial charge in [0.1, 0.15) is 5.82 Å². The van der Waals surface area contributed by atoms with Crippen molar-refractivity contribution >= 4 is 5.82 Å². The number of nitrogen functional groups attached to an aromatic ring is 1. The summed E-state index contributed by atoms with van der Waals surface area (Å²) in [7, 11) is 2.21. The van der Waals surface area contributed by atoms with Gasteiger partial charge in [0.05, 0.1) is 5.69 Å². The molecule has 1 saturated heterocycles. The van der Waals surface area contributed by atoms with E-state index in [2.05, 4.69) is 40.2 Å². The Balaban J connectivity index is 2.06. The standard InChI is InChI=1S/C14H25N5/c1-3-13-11-18(2)8-5-9-19(13)10-12-6-4-7-14(16-12)17-15/h4,6-7,13H,3,5,8-11,15H2,1-2H3,(H,16,17). The second-order valence-electron chi connectivity index (χ2n) is 5.31. The monoisotopic (exact) mass is 263 g/mol. The van der Waals surface area contributed by atoms with Gasteiger partial charge in [-0.1, -0.05) is 13.0 Å². The summed E-state index contributed by atoms with van der Waals surface area (Å²) in [6, 6.07) is 6.57. The molecule has 1 aromatic rings. The second kappa shape index (κ2) is 6.84. The van der Waals surface area contributed by atoms with Crippen molar-refractivity contribution in [3.8, 4) is 0 Å². The van der Waals surface area contributed by atoms with Crippen LogP contribution in [0.1, 0.15) is 25.5 Å². The molecule has 106 valence electrons. The van der Waals surface area contributed by atoms with E-state index in [1.807, 2.05) is 12.1 Å². The molecule has 0 amide bonds. The number of hydrazine groups is 1. The Bertz CT molecular complexity index is 395. The molecule has 0 aromatic carbocycles. The van der Waals surface area contributed by atoms with Gasteiger partial charge in [0.15, 0.2) is 0 Å². The van der Waals surface area contributed by atoms with Crippen molar-refractivity contribution in [2.24, 2.45) is 5.84 Å². The van der Waals surface area contributed by atoms with Crippen molar-refractivity contribution in [1.82, 2.24) is 14.8 Å². The topological polar surface area (TPSA) is 57.4 Å². The molecule has 1 aromatic heterocycles. The van der Waals surface area contributed by atoms with Crippen LogP contribution in [0.3, 0.4) is 0 Å². The van der Waals surface area contributed by atoms with Crippen LogP contribution in [0.4, 0.5) is 5.82 Å². The van der Waals surface area contributed by atoms with E-state index >= 15 is 0 Å². The largest absolute Gasteiger partial charge is 0.308 e. The number of likely N-dealkylation sites (N-methyl/N-ethyl adjacent to an activating group) is 1. The molecule has 1 fully saturated rings. The normalized spacial score (nSPS) is 22.2. The van der Waals surface area contributed by atoms with Crippen molar-refractivity contribution < 1.29 is 0 Å². The molecule has 0 radical (unpaired) electrons. The van der Waals surface area contributed by atoms with Crippen molar-refractivity contribution in [2.45, 2.75) is 32.4 Å². The number of hydrogen-bond acceptors (Lipinski definition) is 5. The van der Waals surface area contributed by atoms with Gasteiger partial charge < -0.3 is 10.3 Å². The van der Waals surface area contributed by atoms with Gasteiger partial charge in [-0.15, -0.1) is 0 Å². The fourth-order valence-electron chi connectivity index (χ4n) is 2.74. The van der Waals surface area contributed by atoms with Crippen molar-refractivity contribution in [1.29, 1.82) is 0 Å². The number of nitrogens with zero attached hydrogens (tertiary/aromatic N) is 3. The average Bonchev–Trinajstić information content (AvgIpc) is 2.60. The fraction of sp³-hybridized carbons (Fsp3) is 0.643. The van der Waals surface area contributed by atoms with E-state index in [0.717, 1.165) is 31.1 Å². The van der Waals surface area contributed by atoms with Gasteiger partial charge in [0.2, 0.25) is 0 Å². The van der Waals surface area contributed by atoms with Crippen LogP contribution >= 0.6 is 0 Å². The maximum Gasteiger partial charge on any atom is 0.140 e. The Hall–Kier alpha value is -1.17. The van der Waals surface area contributed by atoms with Crippen LogP contribution in [0.5, 0.6) is 0 Å². The van der Waals surface area contributed by atoms with Crippen LogP contribution in [-0.2, 0) is 6.54 Å². The highest BCUT2D eigenvalue weighted by atomic mass is 15.3. The molecule has 0 spiro atoms. The number of nitrogens with two attached hydrogens (primary N) is 1. The number of aromatic nitrogens is 1. The Labute approximate surface area is 115 Å². The minimum atomic E-state index is 0.615. The van der Waals surface area contributed by atoms with Crippen molar-refractivity contribution in [3.63, 3.8) is 0 Å². The Morgan fingerprint density at radius 1 is 1.42 bits per heavy atom. The van der Waals surface area contributed by atoms with E-state index in [0.29, 0.717) is 6.04 Å². The van der Waals surface area contributed by atoms with Crippen LogP contribution in [0.2, 0.25) is 0 Å². The molecule has 2 rings (SSSR count). The summed E-state index contributed by atoms with van der Waals surface area (Å²) in [6.45, 7) is 6.64. The molecule has 2 heterocycles. The zero-order chi connectivity index (χ0) is 13.7. The zero-order valence-electron chi connectivity index (χ0n) is 12.0. The molecule has 1 atom stereocenters. The molecule has 0 aliphatic carbocycles. The lowest BCUT2D eigenvalue weighted by molar-refractivity contribution is 0.174. The molecule has 0 saturated carbocycles. The maximum atomic E-state index is 5.42. The highest BCUT2D eigenvalue weighted by Crippen LogP contribution is 2.15. The summed E-state index contributed by atoms with van der Waals surface area (Å²) < 4.78 is 0. The second-order valence-corrected chi connectivity index (χ2v) is 5.31. The quantitative estimate of drug-likeness (QED) is 0.633. The summed E-state index contributed by atoms with van der Waals surface area (Å²) in [5.41, 5.74) is 3.69. The first kappa shape index (κ1) is 14.2. The lowest BCUT2D eigenvalue weighted by Crippen LogP contribution is -2.39. The molecular weight excluding hydrogens is 238 g/mol. The minimum absolute atomic E-state index is 0.615. The molecule has 1 aliphatic heterocycles. The number of hydrogen-bond donors (Lipinski definition) is 2. The fourth-order valence-corrected chi connectivity index (χ4v) is 2.74. The molecular formula is C14H25N5. The van der Waals surface area contributed by atoms with E-state index in [1.54, 1.807) is 0 Å². The lowest BCUT2D eigenvalue weighted by Gasteiger charge is -2.29. The lowest BCUT2D eigenvalue weighted by atomic mass is 10.1. The summed E-state index contributed by atoms with van der Waals surface area (Å²) in [5, 5.41) is 0. The van der Waals surface area contributed by atoms with Crippen LogP contribution in [0.15, 0.2) is 18.2 Å². The zero-order valence-corrected chi connectivity index (χ0v) is 12.0. The van der Waals surface area contributed by atoms with Gasteiger partial charge in [-0.25, -0.2) is 10.8 Å². The third-order valence-electron chi connectivity index (χ3n) is 3.81. The maximum absolute atomic E-state index is 5.42. The van der Waals surface area contributed by atoms with Gasteiger partial charge in [-0.3, -0.25) is 4.90 Å². The van der Waals surface area contributed by atoms with Gasteiger partial charge in [-0.2, -0.15) is 0 Å². The van der Waals surface area contributed by atoms with Gasteiger partial charge in [0.25, 0.3) is 0 Å². The number of anilines is 1. The average molecular weight is 263 g/mol. The van der Waals surface area contributed by atoms with Crippen LogP contribution in [0, 0.1) is 0 Å². The minimum Gasteiger partial charge on any atom is -0.308 e. The first-order chi connectivity index (χ1) is 9.22. The van der Waals surface area contributed by atoms with Crippen LogP contribution in [0.25, 0.3) is 0 Å². The first-order valence-electron chi connectivity index (χ1n) is 7.08. The Morgan fingerprint density at radius 3 is 3.00 bits per heavy atom. The molecule has 1 unspecified atom stereocenters. The molecule has 3 N–H and O–H groups in total. The van der Waals surface area contributed by atoms with Gasteiger partial charge >= 0.3 is 0 Å². The number of pyridine rings is 1. The van der Waals surface area contributed by atoms with Crippen molar-refractivity contribution in [2.75, 3.05) is 32.1 Å². The van der Waals surface area contributed by atoms with E-state index in [4.69, 9.17) is 5.84 Å². The van der Waals surface area contributed by atoms with Gasteiger partial charge in [0, 0.05) is 25.7 Å². The van der Waals surface area contributed by atoms with Crippen molar-refractivity contribution in [3.05, 3.63) is 23.9 Å². The smallest absolute Gasteiger partial charge is 0.140 e.